The van der Waals surface area contributed by atoms with Crippen LogP contribution in [0.3, 0.4) is 0 Å². The maximum Gasteiger partial charge on any atom is 0.312 e. The van der Waals surface area contributed by atoms with Gasteiger partial charge in [0.05, 0.1) is 37.9 Å². The van der Waals surface area contributed by atoms with Crippen molar-refractivity contribution >= 4 is 75.1 Å². The van der Waals surface area contributed by atoms with E-state index in [4.69, 9.17) is 51.1 Å². The van der Waals surface area contributed by atoms with Crippen LogP contribution in [-0.2, 0) is 16.0 Å². The van der Waals surface area contributed by atoms with Crippen molar-refractivity contribution in [1.82, 2.24) is 0 Å². The smallest absolute Gasteiger partial charge is 0.312 e. The van der Waals surface area contributed by atoms with Gasteiger partial charge in [-0.3, -0.25) is 4.79 Å². The van der Waals surface area contributed by atoms with Gasteiger partial charge in [-0.15, -0.1) is 0 Å². The summed E-state index contributed by atoms with van der Waals surface area (Å²) < 4.78 is 5.36. The summed E-state index contributed by atoms with van der Waals surface area (Å²) in [6, 6.07) is 24.3. The monoisotopic (exact) mass is 560 g/mol. The van der Waals surface area contributed by atoms with E-state index in [0.29, 0.717) is 54.0 Å². The Morgan fingerprint density at radius 1 is 0.694 bits per heavy atom. The number of carbonyl (C=O) groups excluding carboxylic acids is 1. The molecule has 0 amide bonds. The van der Waals surface area contributed by atoms with E-state index in [1.807, 2.05) is 6.07 Å². The second kappa shape index (κ2) is 11.9. The predicted molar refractivity (Wildman–Crippen MR) is 147 cm³/mol. The third-order valence-electron chi connectivity index (χ3n) is 5.27. The third-order valence-corrected chi connectivity index (χ3v) is 6.53. The largest absolute Gasteiger partial charge is 0.431 e. The van der Waals surface area contributed by atoms with Crippen molar-refractivity contribution in [3.8, 4) is 0 Å². The number of hydrogen-bond donors (Lipinski definition) is 3. The Balaban J connectivity index is 1.49. The van der Waals surface area contributed by atoms with Gasteiger partial charge in [0.2, 0.25) is 6.29 Å². The van der Waals surface area contributed by atoms with Crippen LogP contribution in [0.25, 0.3) is 0 Å². The molecule has 0 aromatic heterocycles. The summed E-state index contributed by atoms with van der Waals surface area (Å²) in [5.41, 5.74) is 3.11. The summed E-state index contributed by atoms with van der Waals surface area (Å²) >= 11 is 25.1. The highest BCUT2D eigenvalue weighted by Crippen LogP contribution is 2.36. The number of benzene rings is 4. The molecule has 9 heteroatoms. The Labute approximate surface area is 228 Å². The Morgan fingerprint density at radius 3 is 1.75 bits per heavy atom. The number of nitrogens with one attached hydrogen (secondary N) is 2. The molecule has 5 nitrogen and oxygen atoms in total. The molecule has 0 saturated heterocycles. The summed E-state index contributed by atoms with van der Waals surface area (Å²) in [7, 11) is 0. The quantitative estimate of drug-likeness (QED) is 0.148. The van der Waals surface area contributed by atoms with Crippen molar-refractivity contribution in [1.29, 1.82) is 0 Å². The molecule has 0 saturated carbocycles. The Hall–Kier alpha value is -2.93. The van der Waals surface area contributed by atoms with E-state index < -0.39 is 12.3 Å². The molecule has 1 atom stereocenters. The first-order valence-electron chi connectivity index (χ1n) is 10.8. The van der Waals surface area contributed by atoms with Gasteiger partial charge in [0.1, 0.15) is 0 Å². The fraction of sp³-hybridized carbons (Fsp3) is 0.0741. The van der Waals surface area contributed by atoms with Crippen molar-refractivity contribution in [3.05, 3.63) is 116 Å². The molecular formula is C27H20Cl4N2O3. The number of aliphatic hydroxyl groups is 1. The average Bonchev–Trinajstić information content (AvgIpc) is 2.85. The number of hydrogen-bond acceptors (Lipinski definition) is 5. The van der Waals surface area contributed by atoms with Gasteiger partial charge in [-0.05, 0) is 42.0 Å². The minimum absolute atomic E-state index is 0.103. The van der Waals surface area contributed by atoms with Gasteiger partial charge >= 0.3 is 5.97 Å². The number of para-hydroxylation sites is 4. The zero-order valence-corrected chi connectivity index (χ0v) is 21.7. The lowest BCUT2D eigenvalue weighted by atomic mass is 10.1. The van der Waals surface area contributed by atoms with Gasteiger partial charge in [-0.25, -0.2) is 0 Å². The summed E-state index contributed by atoms with van der Waals surface area (Å²) in [5, 5.41) is 18.7. The van der Waals surface area contributed by atoms with E-state index in [-0.39, 0.29) is 6.42 Å². The number of ether oxygens (including phenoxy) is 1. The predicted octanol–water partition coefficient (Wildman–Crippen LogP) is 8.56. The standard InChI is InChI=1S/C27H20Cl4N2O3/c28-18-9-5-10-19(29)25(18)32-22-13-3-1-7-16(22)15-24(34)36-27(35)17-8-2-4-14-23(17)33-26-20(30)11-6-12-21(26)31/h1-14,27,32-33,35H,15H2. The van der Waals surface area contributed by atoms with Crippen molar-refractivity contribution in [2.45, 2.75) is 12.7 Å². The van der Waals surface area contributed by atoms with Crippen LogP contribution in [0.15, 0.2) is 84.9 Å². The van der Waals surface area contributed by atoms with Gasteiger partial charge in [-0.1, -0.05) is 94.9 Å². The van der Waals surface area contributed by atoms with Crippen molar-refractivity contribution < 1.29 is 14.6 Å². The minimum Gasteiger partial charge on any atom is -0.431 e. The van der Waals surface area contributed by atoms with E-state index in [1.165, 1.54) is 0 Å². The van der Waals surface area contributed by atoms with Crippen LogP contribution >= 0.6 is 46.4 Å². The van der Waals surface area contributed by atoms with Crippen molar-refractivity contribution in [2.24, 2.45) is 0 Å². The molecule has 0 aliphatic rings. The lowest BCUT2D eigenvalue weighted by Crippen LogP contribution is -2.15. The molecule has 0 radical (unpaired) electrons. The first-order chi connectivity index (χ1) is 17.3. The number of aliphatic hydroxyl groups excluding tert-OH is 1. The van der Waals surface area contributed by atoms with E-state index >= 15 is 0 Å². The zero-order chi connectivity index (χ0) is 25.7. The molecule has 0 fully saturated rings. The normalized spacial score (nSPS) is 11.6. The van der Waals surface area contributed by atoms with Crippen LogP contribution in [0.5, 0.6) is 0 Å². The fourth-order valence-electron chi connectivity index (χ4n) is 3.51. The molecule has 184 valence electrons. The number of halogens is 4. The molecule has 1 unspecified atom stereocenters. The first kappa shape index (κ1) is 26.1. The molecule has 0 bridgehead atoms. The third kappa shape index (κ3) is 6.25. The van der Waals surface area contributed by atoms with Crippen LogP contribution in [-0.4, -0.2) is 11.1 Å². The maximum atomic E-state index is 12.8. The van der Waals surface area contributed by atoms with E-state index in [2.05, 4.69) is 10.6 Å². The highest BCUT2D eigenvalue weighted by molar-refractivity contribution is 6.39. The first-order valence-corrected chi connectivity index (χ1v) is 12.3. The number of carbonyl (C=O) groups is 1. The lowest BCUT2D eigenvalue weighted by molar-refractivity contribution is -0.168. The molecule has 4 aromatic rings. The molecule has 0 aliphatic carbocycles. The van der Waals surface area contributed by atoms with E-state index in [0.717, 1.165) is 0 Å². The molecule has 0 aliphatic heterocycles. The Morgan fingerprint density at radius 2 is 1.17 bits per heavy atom. The molecule has 0 spiro atoms. The molecule has 36 heavy (non-hydrogen) atoms. The topological polar surface area (TPSA) is 70.6 Å². The van der Waals surface area contributed by atoms with E-state index in [9.17, 15) is 9.90 Å². The van der Waals surface area contributed by atoms with Crippen LogP contribution < -0.4 is 10.6 Å². The maximum absolute atomic E-state index is 12.8. The molecule has 4 rings (SSSR count). The average molecular weight is 562 g/mol. The van der Waals surface area contributed by atoms with Gasteiger partial charge in [-0.2, -0.15) is 0 Å². The Bertz CT molecular complexity index is 1360. The van der Waals surface area contributed by atoms with Crippen LogP contribution in [0.2, 0.25) is 20.1 Å². The fourth-order valence-corrected chi connectivity index (χ4v) is 4.50. The number of anilines is 4. The van der Waals surface area contributed by atoms with Gasteiger partial charge in [0, 0.05) is 16.9 Å². The summed E-state index contributed by atoms with van der Waals surface area (Å²) in [6.45, 7) is 0. The molecular weight excluding hydrogens is 542 g/mol. The van der Waals surface area contributed by atoms with Crippen molar-refractivity contribution in [3.63, 3.8) is 0 Å². The van der Waals surface area contributed by atoms with Crippen LogP contribution in [0, 0.1) is 0 Å². The number of rotatable bonds is 8. The second-order valence-electron chi connectivity index (χ2n) is 7.71. The highest BCUT2D eigenvalue weighted by Gasteiger charge is 2.20. The highest BCUT2D eigenvalue weighted by atomic mass is 35.5. The lowest BCUT2D eigenvalue weighted by Gasteiger charge is -2.19. The molecule has 3 N–H and O–H groups in total. The second-order valence-corrected chi connectivity index (χ2v) is 9.34. The summed E-state index contributed by atoms with van der Waals surface area (Å²) in [4.78, 5) is 12.8. The molecule has 4 aromatic carbocycles. The molecule has 0 heterocycles. The van der Waals surface area contributed by atoms with Crippen molar-refractivity contribution in [2.75, 3.05) is 10.6 Å². The number of esters is 1. The SMILES string of the molecule is O=C(Cc1ccccc1Nc1c(Cl)cccc1Cl)OC(O)c1ccccc1Nc1c(Cl)cccc1Cl. The van der Waals surface area contributed by atoms with Gasteiger partial charge < -0.3 is 20.5 Å². The minimum atomic E-state index is -1.53. The Kier molecular flexibility index (Phi) is 8.62. The van der Waals surface area contributed by atoms with E-state index in [1.54, 1.807) is 78.9 Å². The zero-order valence-electron chi connectivity index (χ0n) is 18.6. The summed E-state index contributed by atoms with van der Waals surface area (Å²) in [5.74, 6) is -0.632. The van der Waals surface area contributed by atoms with Gasteiger partial charge in [0.25, 0.3) is 0 Å². The van der Waals surface area contributed by atoms with Gasteiger partial charge in [0.15, 0.2) is 0 Å². The summed E-state index contributed by atoms with van der Waals surface area (Å²) in [6.07, 6.45) is -1.63. The van der Waals surface area contributed by atoms with Crippen LogP contribution in [0.1, 0.15) is 17.4 Å². The van der Waals surface area contributed by atoms with Crippen LogP contribution in [0.4, 0.5) is 22.7 Å².